The average molecular weight is 181 g/mol. The maximum Gasteiger partial charge on any atom is 0.311 e. The highest BCUT2D eigenvalue weighted by atomic mass is 16.5. The topological polar surface area (TPSA) is 50.1 Å². The Labute approximate surface area is 78.7 Å². The predicted octanol–water partition coefficient (Wildman–Crippen LogP) is 1.74. The minimum Gasteiger partial charge on any atom is -0.450 e. The van der Waals surface area contributed by atoms with Gasteiger partial charge in [0.1, 0.15) is 6.07 Å². The lowest BCUT2D eigenvalue weighted by Gasteiger charge is -2.03. The highest BCUT2D eigenvalue weighted by Gasteiger charge is 2.69. The molecule has 0 spiro atoms. The first kappa shape index (κ1) is 10.0. The zero-order chi connectivity index (χ0) is 10.3. The van der Waals surface area contributed by atoms with Gasteiger partial charge in [0.2, 0.25) is 0 Å². The van der Waals surface area contributed by atoms with Crippen LogP contribution in [0.2, 0.25) is 0 Å². The van der Waals surface area contributed by atoms with Crippen LogP contribution in [0.25, 0.3) is 0 Å². The number of ether oxygens (including phenoxy) is 1. The zero-order valence-corrected chi connectivity index (χ0v) is 8.55. The van der Waals surface area contributed by atoms with Crippen molar-refractivity contribution in [3.8, 4) is 6.07 Å². The molecule has 13 heavy (non-hydrogen) atoms. The molecule has 0 N–H and O–H groups in total. The molecule has 72 valence electrons. The van der Waals surface area contributed by atoms with Crippen molar-refractivity contribution in [3.63, 3.8) is 0 Å². The van der Waals surface area contributed by atoms with E-state index in [1.54, 1.807) is 6.07 Å². The number of carbonyl (C=O) groups is 1. The fraction of sp³-hybridized carbons (Fsp3) is 0.800. The van der Waals surface area contributed by atoms with Gasteiger partial charge in [-0.1, -0.05) is 27.7 Å². The Hall–Kier alpha value is -1.04. The van der Waals surface area contributed by atoms with Crippen LogP contribution in [-0.4, -0.2) is 12.6 Å². The molecule has 0 radical (unpaired) electrons. The minimum atomic E-state index is -0.239. The fourth-order valence-corrected chi connectivity index (χ4v) is 1.97. The number of esters is 1. The highest BCUT2D eigenvalue weighted by molar-refractivity contribution is 5.78. The molecule has 3 heteroatoms. The van der Waals surface area contributed by atoms with E-state index in [2.05, 4.69) is 0 Å². The van der Waals surface area contributed by atoms with Crippen molar-refractivity contribution in [2.24, 2.45) is 16.7 Å². The Balaban J connectivity index is 2.59. The van der Waals surface area contributed by atoms with E-state index in [1.807, 2.05) is 27.7 Å². The van der Waals surface area contributed by atoms with E-state index in [0.717, 1.165) is 0 Å². The van der Waals surface area contributed by atoms with Crippen LogP contribution >= 0.6 is 0 Å². The van der Waals surface area contributed by atoms with Gasteiger partial charge in [-0.2, -0.15) is 5.26 Å². The van der Waals surface area contributed by atoms with Crippen LogP contribution in [0.15, 0.2) is 0 Å². The van der Waals surface area contributed by atoms with Crippen molar-refractivity contribution in [1.29, 1.82) is 5.26 Å². The molecule has 0 aromatic heterocycles. The summed E-state index contributed by atoms with van der Waals surface area (Å²) in [6, 6.07) is 1.79. The van der Waals surface area contributed by atoms with Crippen LogP contribution in [0, 0.1) is 28.1 Å². The van der Waals surface area contributed by atoms with Crippen LogP contribution < -0.4 is 0 Å². The second-order valence-electron chi connectivity index (χ2n) is 4.64. The minimum absolute atomic E-state index is 0.000457. The van der Waals surface area contributed by atoms with Crippen molar-refractivity contribution < 1.29 is 9.53 Å². The molecular weight excluding hydrogens is 166 g/mol. The van der Waals surface area contributed by atoms with Gasteiger partial charge in [0.15, 0.2) is 6.61 Å². The summed E-state index contributed by atoms with van der Waals surface area (Å²) < 4.78 is 4.79. The van der Waals surface area contributed by atoms with Gasteiger partial charge in [-0.3, -0.25) is 4.79 Å². The summed E-state index contributed by atoms with van der Waals surface area (Å²) in [7, 11) is 0. The lowest BCUT2D eigenvalue weighted by atomic mass is 10.0. The van der Waals surface area contributed by atoms with Crippen molar-refractivity contribution in [1.82, 2.24) is 0 Å². The molecule has 0 heterocycles. The SMILES string of the molecule is CC1(C)C(C(=O)OCC#N)C1(C)C. The number of carbonyl (C=O) groups excluding carboxylic acids is 1. The van der Waals surface area contributed by atoms with Gasteiger partial charge in [-0.15, -0.1) is 0 Å². The lowest BCUT2D eigenvalue weighted by Crippen LogP contribution is -2.11. The molecule has 0 saturated heterocycles. The lowest BCUT2D eigenvalue weighted by molar-refractivity contribution is -0.145. The monoisotopic (exact) mass is 181 g/mol. The molecule has 0 unspecified atom stereocenters. The summed E-state index contributed by atoms with van der Waals surface area (Å²) in [6.45, 7) is 8.05. The predicted molar refractivity (Wildman–Crippen MR) is 47.6 cm³/mol. The molecule has 0 aromatic rings. The maximum absolute atomic E-state index is 11.4. The summed E-state index contributed by atoms with van der Waals surface area (Å²) in [5, 5.41) is 8.25. The van der Waals surface area contributed by atoms with Gasteiger partial charge in [-0.25, -0.2) is 0 Å². The Kier molecular flexibility index (Phi) is 2.11. The van der Waals surface area contributed by atoms with Crippen LogP contribution in [0.1, 0.15) is 27.7 Å². The van der Waals surface area contributed by atoms with E-state index in [9.17, 15) is 4.79 Å². The van der Waals surface area contributed by atoms with Crippen LogP contribution in [-0.2, 0) is 9.53 Å². The molecule has 1 aliphatic rings. The Morgan fingerprint density at radius 1 is 1.38 bits per heavy atom. The number of hydrogen-bond acceptors (Lipinski definition) is 3. The molecule has 1 aliphatic carbocycles. The third-order valence-electron chi connectivity index (χ3n) is 3.54. The third-order valence-corrected chi connectivity index (χ3v) is 3.54. The quantitative estimate of drug-likeness (QED) is 0.609. The number of rotatable bonds is 2. The van der Waals surface area contributed by atoms with Gasteiger partial charge >= 0.3 is 5.97 Å². The first-order valence-electron chi connectivity index (χ1n) is 4.39. The highest BCUT2D eigenvalue weighted by Crippen LogP contribution is 2.68. The van der Waals surface area contributed by atoms with Crippen molar-refractivity contribution in [3.05, 3.63) is 0 Å². The van der Waals surface area contributed by atoms with E-state index >= 15 is 0 Å². The van der Waals surface area contributed by atoms with E-state index < -0.39 is 0 Å². The molecule has 0 amide bonds. The molecule has 1 rings (SSSR count). The zero-order valence-electron chi connectivity index (χ0n) is 8.55. The molecule has 3 nitrogen and oxygen atoms in total. The standard InChI is InChI=1S/C10H15NO2/c1-9(2)7(10(9,3)4)8(12)13-6-5-11/h7H,6H2,1-4H3. The summed E-state index contributed by atoms with van der Waals surface area (Å²) in [6.07, 6.45) is 0. The summed E-state index contributed by atoms with van der Waals surface area (Å²) in [5.74, 6) is -0.301. The van der Waals surface area contributed by atoms with E-state index in [4.69, 9.17) is 10.00 Å². The average Bonchev–Trinajstić information content (AvgIpc) is 2.39. The van der Waals surface area contributed by atoms with Gasteiger partial charge in [0, 0.05) is 0 Å². The smallest absolute Gasteiger partial charge is 0.311 e. The van der Waals surface area contributed by atoms with Gasteiger partial charge in [0.05, 0.1) is 5.92 Å². The molecule has 1 saturated carbocycles. The first-order chi connectivity index (χ1) is 5.85. The van der Waals surface area contributed by atoms with Crippen molar-refractivity contribution in [2.45, 2.75) is 27.7 Å². The van der Waals surface area contributed by atoms with Crippen molar-refractivity contribution >= 4 is 5.97 Å². The third kappa shape index (κ3) is 1.31. The van der Waals surface area contributed by atoms with Crippen LogP contribution in [0.3, 0.4) is 0 Å². The second kappa shape index (κ2) is 2.73. The van der Waals surface area contributed by atoms with Gasteiger partial charge in [0.25, 0.3) is 0 Å². The summed E-state index contributed by atoms with van der Waals surface area (Å²) >= 11 is 0. The van der Waals surface area contributed by atoms with E-state index in [1.165, 1.54) is 0 Å². The molecular formula is C10H15NO2. The van der Waals surface area contributed by atoms with E-state index in [-0.39, 0.29) is 29.3 Å². The van der Waals surface area contributed by atoms with Gasteiger partial charge < -0.3 is 4.74 Å². The van der Waals surface area contributed by atoms with Gasteiger partial charge in [-0.05, 0) is 10.8 Å². The maximum atomic E-state index is 11.4. The molecule has 0 aromatic carbocycles. The Morgan fingerprint density at radius 3 is 2.15 bits per heavy atom. The Bertz CT molecular complexity index is 259. The normalized spacial score (nSPS) is 23.3. The van der Waals surface area contributed by atoms with E-state index in [0.29, 0.717) is 0 Å². The number of nitrogens with zero attached hydrogens (tertiary/aromatic N) is 1. The fourth-order valence-electron chi connectivity index (χ4n) is 1.97. The number of hydrogen-bond donors (Lipinski definition) is 0. The summed E-state index contributed by atoms with van der Waals surface area (Å²) in [4.78, 5) is 11.4. The van der Waals surface area contributed by atoms with Crippen LogP contribution in [0.5, 0.6) is 0 Å². The largest absolute Gasteiger partial charge is 0.450 e. The molecule has 0 aliphatic heterocycles. The number of nitriles is 1. The Morgan fingerprint density at radius 2 is 1.85 bits per heavy atom. The molecule has 1 fully saturated rings. The second-order valence-corrected chi connectivity index (χ2v) is 4.64. The van der Waals surface area contributed by atoms with Crippen LogP contribution in [0.4, 0.5) is 0 Å². The first-order valence-corrected chi connectivity index (χ1v) is 4.39. The molecule has 0 atom stereocenters. The van der Waals surface area contributed by atoms with Crippen molar-refractivity contribution in [2.75, 3.05) is 6.61 Å². The summed E-state index contributed by atoms with van der Waals surface area (Å²) in [5.41, 5.74) is -0.000915. The molecule has 0 bridgehead atoms.